The number of nitrogens with zero attached hydrogens (tertiary/aromatic N) is 1. The van der Waals surface area contributed by atoms with Crippen molar-refractivity contribution in [2.45, 2.75) is 37.6 Å². The molecule has 0 spiro atoms. The summed E-state index contributed by atoms with van der Waals surface area (Å²) in [5, 5.41) is 2.69. The maximum absolute atomic E-state index is 12.6. The average molecular weight is 345 g/mol. The van der Waals surface area contributed by atoms with Crippen molar-refractivity contribution in [3.8, 4) is 0 Å². The summed E-state index contributed by atoms with van der Waals surface area (Å²) >= 11 is 0. The van der Waals surface area contributed by atoms with Gasteiger partial charge in [0.15, 0.2) is 0 Å². The largest absolute Gasteiger partial charge is 0.348 e. The Balaban J connectivity index is 1.93. The normalized spacial score (nSPS) is 14.2. The van der Waals surface area contributed by atoms with Crippen LogP contribution in [0.2, 0.25) is 0 Å². The van der Waals surface area contributed by atoms with Crippen molar-refractivity contribution in [2.75, 3.05) is 4.72 Å². The maximum Gasteiger partial charge on any atom is 0.263 e. The van der Waals surface area contributed by atoms with E-state index in [0.29, 0.717) is 12.1 Å². The molecule has 6 nitrogen and oxygen atoms in total. The third-order valence-corrected chi connectivity index (χ3v) is 5.23. The lowest BCUT2D eigenvalue weighted by Crippen LogP contribution is -2.19. The summed E-state index contributed by atoms with van der Waals surface area (Å²) in [5.74, 6) is -0.274. The van der Waals surface area contributed by atoms with Gasteiger partial charge in [0.2, 0.25) is 0 Å². The number of hydrogen-bond donors (Lipinski definition) is 2. The lowest BCUT2D eigenvalue weighted by molar-refractivity contribution is 0.0966. The van der Waals surface area contributed by atoms with E-state index in [1.807, 2.05) is 20.8 Å². The van der Waals surface area contributed by atoms with Crippen molar-refractivity contribution in [1.82, 2.24) is 10.3 Å². The van der Waals surface area contributed by atoms with E-state index in [0.717, 1.165) is 11.3 Å². The summed E-state index contributed by atoms with van der Waals surface area (Å²) in [5.41, 5.74) is 2.08. The minimum absolute atomic E-state index is 0.0616. The molecule has 2 heterocycles. The first-order valence-corrected chi connectivity index (χ1v) is 9.06. The quantitative estimate of drug-likeness (QED) is 0.894. The van der Waals surface area contributed by atoms with Crippen LogP contribution in [0.5, 0.6) is 0 Å². The zero-order valence-corrected chi connectivity index (χ0v) is 14.6. The summed E-state index contributed by atoms with van der Waals surface area (Å²) in [6.07, 6.45) is 1.34. The van der Waals surface area contributed by atoms with Gasteiger partial charge in [-0.2, -0.15) is 0 Å². The second-order valence-electron chi connectivity index (χ2n) is 6.76. The van der Waals surface area contributed by atoms with Gasteiger partial charge in [0.25, 0.3) is 15.9 Å². The third kappa shape index (κ3) is 2.99. The SMILES string of the molecule is CC(C)(C)c1ccc(S(=O)(=O)Nc2cccc3c2C(=O)NC3)cn1. The van der Waals surface area contributed by atoms with E-state index in [-0.39, 0.29) is 21.9 Å². The number of carbonyl (C=O) groups is 1. The lowest BCUT2D eigenvalue weighted by Gasteiger charge is -2.18. The number of sulfonamides is 1. The Bertz CT molecular complexity index is 898. The van der Waals surface area contributed by atoms with Gasteiger partial charge in [0.05, 0.1) is 11.3 Å². The highest BCUT2D eigenvalue weighted by Gasteiger charge is 2.25. The van der Waals surface area contributed by atoms with E-state index in [4.69, 9.17) is 0 Å². The zero-order chi connectivity index (χ0) is 17.5. The van der Waals surface area contributed by atoms with Crippen LogP contribution in [0.4, 0.5) is 5.69 Å². The molecule has 1 amide bonds. The maximum atomic E-state index is 12.6. The molecule has 0 bridgehead atoms. The number of pyridine rings is 1. The van der Waals surface area contributed by atoms with Crippen LogP contribution in [-0.2, 0) is 22.0 Å². The fourth-order valence-corrected chi connectivity index (χ4v) is 3.57. The molecule has 126 valence electrons. The summed E-state index contributed by atoms with van der Waals surface area (Å²) in [6, 6.07) is 8.33. The van der Waals surface area contributed by atoms with Gasteiger partial charge in [-0.15, -0.1) is 0 Å². The molecule has 7 heteroatoms. The van der Waals surface area contributed by atoms with Crippen molar-refractivity contribution in [1.29, 1.82) is 0 Å². The van der Waals surface area contributed by atoms with Crippen LogP contribution < -0.4 is 10.0 Å². The Morgan fingerprint density at radius 3 is 2.54 bits per heavy atom. The Morgan fingerprint density at radius 1 is 1.17 bits per heavy atom. The summed E-state index contributed by atoms with van der Waals surface area (Å²) in [4.78, 5) is 16.2. The van der Waals surface area contributed by atoms with Gasteiger partial charge < -0.3 is 5.32 Å². The van der Waals surface area contributed by atoms with Crippen LogP contribution in [-0.4, -0.2) is 19.3 Å². The fraction of sp³-hybridized carbons (Fsp3) is 0.294. The van der Waals surface area contributed by atoms with Gasteiger partial charge in [-0.25, -0.2) is 8.42 Å². The van der Waals surface area contributed by atoms with E-state index in [1.165, 1.54) is 12.3 Å². The molecule has 0 aliphatic carbocycles. The highest BCUT2D eigenvalue weighted by atomic mass is 32.2. The molecule has 2 N–H and O–H groups in total. The predicted octanol–water partition coefficient (Wildman–Crippen LogP) is 2.42. The number of rotatable bonds is 3. The van der Waals surface area contributed by atoms with E-state index < -0.39 is 10.0 Å². The number of anilines is 1. The van der Waals surface area contributed by atoms with Crippen LogP contribution >= 0.6 is 0 Å². The second kappa shape index (κ2) is 5.59. The number of fused-ring (bicyclic) bond motifs is 1. The molecule has 24 heavy (non-hydrogen) atoms. The molecule has 0 saturated carbocycles. The van der Waals surface area contributed by atoms with Gasteiger partial charge in [0.1, 0.15) is 4.90 Å². The first kappa shape index (κ1) is 16.4. The lowest BCUT2D eigenvalue weighted by atomic mass is 9.92. The third-order valence-electron chi connectivity index (χ3n) is 3.88. The molecule has 0 radical (unpaired) electrons. The molecule has 0 saturated heterocycles. The average Bonchev–Trinajstić information content (AvgIpc) is 2.89. The number of carbonyl (C=O) groups excluding carboxylic acids is 1. The van der Waals surface area contributed by atoms with E-state index in [2.05, 4.69) is 15.0 Å². The van der Waals surface area contributed by atoms with Crippen LogP contribution in [0.3, 0.4) is 0 Å². The monoisotopic (exact) mass is 345 g/mol. The smallest absolute Gasteiger partial charge is 0.263 e. The van der Waals surface area contributed by atoms with Crippen molar-refractivity contribution >= 4 is 21.6 Å². The van der Waals surface area contributed by atoms with Crippen LogP contribution in [0, 0.1) is 0 Å². The summed E-state index contributed by atoms with van der Waals surface area (Å²) in [7, 11) is -3.81. The van der Waals surface area contributed by atoms with Crippen molar-refractivity contribution < 1.29 is 13.2 Å². The Kier molecular flexibility index (Phi) is 3.83. The van der Waals surface area contributed by atoms with Crippen molar-refractivity contribution in [3.63, 3.8) is 0 Å². The number of benzene rings is 1. The van der Waals surface area contributed by atoms with Crippen LogP contribution in [0.25, 0.3) is 0 Å². The number of aromatic nitrogens is 1. The molecule has 0 atom stereocenters. The van der Waals surface area contributed by atoms with Gasteiger partial charge in [-0.05, 0) is 23.8 Å². The van der Waals surface area contributed by atoms with Crippen LogP contribution in [0.15, 0.2) is 41.4 Å². The Hall–Kier alpha value is -2.41. The molecule has 0 unspecified atom stereocenters. The van der Waals surface area contributed by atoms with E-state index >= 15 is 0 Å². The molecule has 1 aliphatic rings. The molecule has 1 aliphatic heterocycles. The predicted molar refractivity (Wildman–Crippen MR) is 91.4 cm³/mol. The van der Waals surface area contributed by atoms with Gasteiger partial charge >= 0.3 is 0 Å². The van der Waals surface area contributed by atoms with Crippen LogP contribution in [0.1, 0.15) is 42.4 Å². The van der Waals surface area contributed by atoms with E-state index in [1.54, 1.807) is 24.3 Å². The fourth-order valence-electron chi connectivity index (χ4n) is 2.55. The molecule has 1 aromatic carbocycles. The minimum Gasteiger partial charge on any atom is -0.348 e. The van der Waals surface area contributed by atoms with Crippen molar-refractivity contribution in [2.24, 2.45) is 0 Å². The Morgan fingerprint density at radius 2 is 1.92 bits per heavy atom. The highest BCUT2D eigenvalue weighted by molar-refractivity contribution is 7.92. The molecular formula is C17H19N3O3S. The van der Waals surface area contributed by atoms with Gasteiger partial charge in [-0.1, -0.05) is 32.9 Å². The summed E-state index contributed by atoms with van der Waals surface area (Å²) < 4.78 is 27.7. The Labute approximate surface area is 141 Å². The second-order valence-corrected chi connectivity index (χ2v) is 8.44. The molecular weight excluding hydrogens is 326 g/mol. The first-order valence-electron chi connectivity index (χ1n) is 7.58. The van der Waals surface area contributed by atoms with Gasteiger partial charge in [-0.3, -0.25) is 14.5 Å². The number of hydrogen-bond acceptors (Lipinski definition) is 4. The zero-order valence-electron chi connectivity index (χ0n) is 13.8. The molecule has 2 aromatic rings. The first-order chi connectivity index (χ1) is 11.2. The summed E-state index contributed by atoms with van der Waals surface area (Å²) in [6.45, 7) is 6.43. The molecule has 0 fully saturated rings. The van der Waals surface area contributed by atoms with E-state index in [9.17, 15) is 13.2 Å². The highest BCUT2D eigenvalue weighted by Crippen LogP contribution is 2.27. The minimum atomic E-state index is -3.81. The van der Waals surface area contributed by atoms with Gasteiger partial charge in [0, 0.05) is 23.9 Å². The topological polar surface area (TPSA) is 88.2 Å². The number of amides is 1. The van der Waals surface area contributed by atoms with Crippen molar-refractivity contribution in [3.05, 3.63) is 53.3 Å². The molecule has 1 aromatic heterocycles. The standard InChI is InChI=1S/C17H19N3O3S/c1-17(2,3)14-8-7-12(10-18-14)24(22,23)20-13-6-4-5-11-9-19-16(21)15(11)13/h4-8,10,20H,9H2,1-3H3,(H,19,21). The number of nitrogens with one attached hydrogen (secondary N) is 2. The molecule has 3 rings (SSSR count).